The molecule has 0 atom stereocenters. The lowest BCUT2D eigenvalue weighted by atomic mass is 10.3. The molecule has 0 aromatic heterocycles. The predicted octanol–water partition coefficient (Wildman–Crippen LogP) is 3.13. The minimum absolute atomic E-state index is 0.336. The zero-order chi connectivity index (χ0) is 11.3. The Kier molecular flexibility index (Phi) is 4.30. The molecule has 1 aromatic rings. The third-order valence-electron chi connectivity index (χ3n) is 1.55. The fourth-order valence-corrected chi connectivity index (χ4v) is 1.55. The van der Waals surface area contributed by atoms with E-state index in [2.05, 4.69) is 11.9 Å². The van der Waals surface area contributed by atoms with Gasteiger partial charge in [0.1, 0.15) is 0 Å². The third kappa shape index (κ3) is 3.71. The van der Waals surface area contributed by atoms with E-state index in [9.17, 15) is 13.6 Å². The Morgan fingerprint density at radius 2 is 2.13 bits per heavy atom. The molecule has 0 unspecified atom stereocenters. The van der Waals surface area contributed by atoms with E-state index in [-0.39, 0.29) is 0 Å². The smallest absolute Gasteiger partial charge is 0.288 e. The molecule has 1 rings (SSSR count). The number of rotatable bonds is 4. The van der Waals surface area contributed by atoms with Gasteiger partial charge in [0, 0.05) is 4.90 Å². The first-order chi connectivity index (χ1) is 7.13. The summed E-state index contributed by atoms with van der Waals surface area (Å²) >= 11 is 0.395. The Labute approximate surface area is 90.4 Å². The van der Waals surface area contributed by atoms with Gasteiger partial charge in [-0.3, -0.25) is 4.79 Å². The van der Waals surface area contributed by atoms with Gasteiger partial charge in [-0.15, -0.1) is 0 Å². The number of carbonyl (C=O) groups is 1. The summed E-state index contributed by atoms with van der Waals surface area (Å²) in [7, 11) is 0. The Balaban J connectivity index is 2.85. The number of carbonyl (C=O) groups excluding carboxylic acids is 1. The molecule has 0 spiro atoms. The number of halogens is 2. The van der Waals surface area contributed by atoms with Crippen molar-refractivity contribution in [3.05, 3.63) is 36.9 Å². The highest BCUT2D eigenvalue weighted by Gasteiger charge is 2.10. The maximum absolute atomic E-state index is 12.1. The maximum Gasteiger partial charge on any atom is 0.288 e. The quantitative estimate of drug-likeness (QED) is 0.634. The van der Waals surface area contributed by atoms with Crippen molar-refractivity contribution < 1.29 is 13.6 Å². The Morgan fingerprint density at radius 1 is 1.47 bits per heavy atom. The lowest BCUT2D eigenvalue weighted by Crippen LogP contribution is -2.08. The minimum atomic E-state index is -2.51. The average molecular weight is 229 g/mol. The molecule has 1 N–H and O–H groups in total. The highest BCUT2D eigenvalue weighted by Crippen LogP contribution is 2.31. The number of anilines is 1. The van der Waals surface area contributed by atoms with Crippen LogP contribution in [0.3, 0.4) is 0 Å². The van der Waals surface area contributed by atoms with Crippen molar-refractivity contribution >= 4 is 23.4 Å². The van der Waals surface area contributed by atoms with Gasteiger partial charge in [0.15, 0.2) is 0 Å². The summed E-state index contributed by atoms with van der Waals surface area (Å²) in [6.45, 7) is 3.28. The summed E-state index contributed by atoms with van der Waals surface area (Å²) in [4.78, 5) is 11.3. The van der Waals surface area contributed by atoms with Crippen LogP contribution in [-0.4, -0.2) is 11.7 Å². The second kappa shape index (κ2) is 5.50. The van der Waals surface area contributed by atoms with Crippen molar-refractivity contribution in [3.8, 4) is 0 Å². The number of nitrogens with one attached hydrogen (secondary N) is 1. The SMILES string of the molecule is C=CC(=O)Nc1ccccc1SC(F)F. The van der Waals surface area contributed by atoms with E-state index < -0.39 is 11.7 Å². The first-order valence-electron chi connectivity index (χ1n) is 4.10. The van der Waals surface area contributed by atoms with Crippen LogP contribution in [0.25, 0.3) is 0 Å². The molecule has 5 heteroatoms. The molecular formula is C10H9F2NOS. The van der Waals surface area contributed by atoms with E-state index in [4.69, 9.17) is 0 Å². The summed E-state index contributed by atoms with van der Waals surface area (Å²) in [5.41, 5.74) is 0.368. The number of hydrogen-bond acceptors (Lipinski definition) is 2. The molecule has 0 aliphatic carbocycles. The van der Waals surface area contributed by atoms with Crippen molar-refractivity contribution in [1.29, 1.82) is 0 Å². The van der Waals surface area contributed by atoms with Gasteiger partial charge >= 0.3 is 0 Å². The molecule has 0 aliphatic heterocycles. The number of alkyl halides is 2. The number of thioether (sulfide) groups is 1. The van der Waals surface area contributed by atoms with Gasteiger partial charge in [-0.1, -0.05) is 30.5 Å². The molecule has 0 heterocycles. The van der Waals surface area contributed by atoms with Crippen LogP contribution in [0, 0.1) is 0 Å². The van der Waals surface area contributed by atoms with Crippen molar-refractivity contribution in [1.82, 2.24) is 0 Å². The lowest BCUT2D eigenvalue weighted by Gasteiger charge is -2.08. The Bertz CT molecular complexity index is 368. The van der Waals surface area contributed by atoms with Crippen molar-refractivity contribution in [3.63, 3.8) is 0 Å². The van der Waals surface area contributed by atoms with Crippen LogP contribution in [0.2, 0.25) is 0 Å². The summed E-state index contributed by atoms with van der Waals surface area (Å²) in [5.74, 6) is -2.93. The zero-order valence-electron chi connectivity index (χ0n) is 7.74. The topological polar surface area (TPSA) is 29.1 Å². The van der Waals surface area contributed by atoms with Crippen molar-refractivity contribution in [2.24, 2.45) is 0 Å². The minimum Gasteiger partial charge on any atom is -0.321 e. The van der Waals surface area contributed by atoms with E-state index >= 15 is 0 Å². The van der Waals surface area contributed by atoms with Crippen LogP contribution in [0.15, 0.2) is 41.8 Å². The molecule has 0 saturated carbocycles. The Morgan fingerprint density at radius 3 is 2.73 bits per heavy atom. The summed E-state index contributed by atoms with van der Waals surface area (Å²) in [6.07, 6.45) is 1.09. The maximum atomic E-state index is 12.1. The molecule has 15 heavy (non-hydrogen) atoms. The molecule has 0 saturated heterocycles. The van der Waals surface area contributed by atoms with Gasteiger partial charge in [-0.2, -0.15) is 8.78 Å². The first kappa shape index (κ1) is 11.7. The highest BCUT2D eigenvalue weighted by atomic mass is 32.2. The van der Waals surface area contributed by atoms with Crippen LogP contribution in [0.1, 0.15) is 0 Å². The third-order valence-corrected chi connectivity index (χ3v) is 2.33. The molecular weight excluding hydrogens is 220 g/mol. The van der Waals surface area contributed by atoms with Gasteiger partial charge in [-0.25, -0.2) is 0 Å². The monoisotopic (exact) mass is 229 g/mol. The second-order valence-electron chi connectivity index (χ2n) is 2.57. The second-order valence-corrected chi connectivity index (χ2v) is 3.60. The van der Waals surface area contributed by atoms with E-state index in [1.165, 1.54) is 6.07 Å². The molecule has 0 bridgehead atoms. The zero-order valence-corrected chi connectivity index (χ0v) is 8.56. The molecule has 1 amide bonds. The number of benzene rings is 1. The van der Waals surface area contributed by atoms with E-state index in [0.717, 1.165) is 6.08 Å². The first-order valence-corrected chi connectivity index (χ1v) is 4.98. The normalized spacial score (nSPS) is 10.1. The van der Waals surface area contributed by atoms with Crippen LogP contribution in [-0.2, 0) is 4.79 Å². The molecule has 0 fully saturated rings. The van der Waals surface area contributed by atoms with Crippen LogP contribution >= 0.6 is 11.8 Å². The highest BCUT2D eigenvalue weighted by molar-refractivity contribution is 7.99. The fourth-order valence-electron chi connectivity index (χ4n) is 0.952. The fraction of sp³-hybridized carbons (Fsp3) is 0.100. The molecule has 1 aromatic carbocycles. The average Bonchev–Trinajstić information content (AvgIpc) is 2.20. The number of hydrogen-bond donors (Lipinski definition) is 1. The molecule has 0 aliphatic rings. The molecule has 2 nitrogen and oxygen atoms in total. The molecule has 0 radical (unpaired) electrons. The summed E-state index contributed by atoms with van der Waals surface area (Å²) in [5, 5.41) is 2.45. The van der Waals surface area contributed by atoms with E-state index in [1.807, 2.05) is 0 Å². The van der Waals surface area contributed by atoms with Crippen molar-refractivity contribution in [2.75, 3.05) is 5.32 Å². The van der Waals surface area contributed by atoms with E-state index in [1.54, 1.807) is 18.2 Å². The number of para-hydroxylation sites is 1. The summed E-state index contributed by atoms with van der Waals surface area (Å²) < 4.78 is 24.3. The van der Waals surface area contributed by atoms with Gasteiger partial charge < -0.3 is 5.32 Å². The van der Waals surface area contributed by atoms with Crippen LogP contribution in [0.4, 0.5) is 14.5 Å². The predicted molar refractivity (Wildman–Crippen MR) is 57.1 cm³/mol. The lowest BCUT2D eigenvalue weighted by molar-refractivity contribution is -0.111. The van der Waals surface area contributed by atoms with Crippen molar-refractivity contribution in [2.45, 2.75) is 10.7 Å². The summed E-state index contributed by atoms with van der Waals surface area (Å²) in [6, 6.07) is 6.38. The van der Waals surface area contributed by atoms with Crippen LogP contribution in [0.5, 0.6) is 0 Å². The van der Waals surface area contributed by atoms with Gasteiger partial charge in [0.05, 0.1) is 5.69 Å². The largest absolute Gasteiger partial charge is 0.321 e. The van der Waals surface area contributed by atoms with Gasteiger partial charge in [0.2, 0.25) is 5.91 Å². The van der Waals surface area contributed by atoms with Crippen LogP contribution < -0.4 is 5.32 Å². The standard InChI is InChI=1S/C10H9F2NOS/c1-2-9(14)13-7-5-3-4-6-8(7)15-10(11)12/h2-6,10H,1H2,(H,13,14). The number of amides is 1. The Hall–Kier alpha value is -1.36. The van der Waals surface area contributed by atoms with E-state index in [0.29, 0.717) is 22.3 Å². The molecule has 80 valence electrons. The van der Waals surface area contributed by atoms with Gasteiger partial charge in [0.25, 0.3) is 5.76 Å². The van der Waals surface area contributed by atoms with Gasteiger partial charge in [-0.05, 0) is 18.2 Å².